The average molecular weight is 674 g/mol. The van der Waals surface area contributed by atoms with Gasteiger partial charge in [0.25, 0.3) is 0 Å². The van der Waals surface area contributed by atoms with Crippen molar-refractivity contribution < 1.29 is 79.0 Å². The molecule has 45 heavy (non-hydrogen) atoms. The quantitative estimate of drug-likeness (QED) is 0.121. The molecular weight excluding hydrogens is 670 g/mol. The molecule has 4 aromatic carbocycles. The Balaban J connectivity index is 1.84. The molecule has 0 saturated carbocycles. The second kappa shape index (κ2) is 11.6. The number of halogens is 18. The third kappa shape index (κ3) is 5.00. The first kappa shape index (κ1) is 33.1. The van der Waals surface area contributed by atoms with Gasteiger partial charge in [0.2, 0.25) is 11.6 Å². The normalized spacial score (nSPS) is 11.4. The molecule has 0 saturated heterocycles. The van der Waals surface area contributed by atoms with Crippen molar-refractivity contribution >= 4 is 17.1 Å². The van der Waals surface area contributed by atoms with Crippen molar-refractivity contribution in [1.82, 2.24) is 0 Å². The molecule has 2 nitrogen and oxygen atoms in total. The second-order valence-corrected chi connectivity index (χ2v) is 8.48. The summed E-state index contributed by atoms with van der Waals surface area (Å²) >= 11 is 0. The van der Waals surface area contributed by atoms with Crippen molar-refractivity contribution in [3.05, 3.63) is 110 Å². The molecule has 4 aromatic rings. The van der Waals surface area contributed by atoms with Crippen LogP contribution in [-0.2, 0) is 6.54 Å². The van der Waals surface area contributed by atoms with E-state index in [9.17, 15) is 79.0 Å². The Kier molecular flexibility index (Phi) is 8.55. The Labute approximate surface area is 235 Å². The molecule has 20 heteroatoms. The molecule has 4 rings (SSSR count). The molecule has 0 aromatic heterocycles. The maximum absolute atomic E-state index is 14.8. The highest BCUT2D eigenvalue weighted by Crippen LogP contribution is 2.42. The zero-order valence-electron chi connectivity index (χ0n) is 20.5. The molecule has 0 spiro atoms. The summed E-state index contributed by atoms with van der Waals surface area (Å²) in [6.45, 7) is -1.78. The second-order valence-electron chi connectivity index (χ2n) is 8.48. The lowest BCUT2D eigenvalue weighted by Crippen LogP contribution is -2.15. The minimum absolute atomic E-state index is 0.850. The van der Waals surface area contributed by atoms with Gasteiger partial charge in [-0.25, -0.2) is 79.0 Å². The highest BCUT2D eigenvalue weighted by Gasteiger charge is 2.36. The highest BCUT2D eigenvalue weighted by atomic mass is 19.2. The maximum atomic E-state index is 14.8. The third-order valence-corrected chi connectivity index (χ3v) is 5.98. The smallest absolute Gasteiger partial charge is 0.200 e. The van der Waals surface area contributed by atoms with Crippen LogP contribution >= 0.6 is 0 Å². The number of nitrogens with one attached hydrogen (secondary N) is 2. The molecule has 2 N–H and O–H groups in total. The van der Waals surface area contributed by atoms with Crippen LogP contribution < -0.4 is 10.6 Å². The van der Waals surface area contributed by atoms with E-state index in [2.05, 4.69) is 0 Å². The van der Waals surface area contributed by atoms with E-state index in [4.69, 9.17) is 0 Å². The van der Waals surface area contributed by atoms with Gasteiger partial charge < -0.3 is 10.6 Å². The zero-order valence-corrected chi connectivity index (χ0v) is 20.5. The van der Waals surface area contributed by atoms with Crippen LogP contribution in [0.15, 0.2) is 0 Å². The van der Waals surface area contributed by atoms with E-state index >= 15 is 0 Å². The van der Waals surface area contributed by atoms with Crippen LogP contribution in [-0.4, -0.2) is 0 Å². The Morgan fingerprint density at radius 2 is 0.511 bits per heavy atom. The molecule has 240 valence electrons. The topological polar surface area (TPSA) is 24.1 Å². The van der Waals surface area contributed by atoms with E-state index < -0.39 is 145 Å². The van der Waals surface area contributed by atoms with Crippen molar-refractivity contribution in [3.8, 4) is 11.1 Å². The summed E-state index contributed by atoms with van der Waals surface area (Å²) in [5.41, 5.74) is -13.7. The van der Waals surface area contributed by atoms with Crippen molar-refractivity contribution in [2.24, 2.45) is 0 Å². The van der Waals surface area contributed by atoms with E-state index in [1.807, 2.05) is 0 Å². The Morgan fingerprint density at radius 3 is 0.844 bits per heavy atom. The summed E-state index contributed by atoms with van der Waals surface area (Å²) in [6, 6.07) is 0. The summed E-state index contributed by atoms with van der Waals surface area (Å²) < 4.78 is 253. The lowest BCUT2D eigenvalue weighted by molar-refractivity contribution is 0.371. The Morgan fingerprint density at radius 1 is 0.267 bits per heavy atom. The zero-order chi connectivity index (χ0) is 34.0. The van der Waals surface area contributed by atoms with Crippen LogP contribution in [0.3, 0.4) is 0 Å². The molecular formula is C25H4F18N2. The summed E-state index contributed by atoms with van der Waals surface area (Å²) in [4.78, 5) is 0. The van der Waals surface area contributed by atoms with Crippen LogP contribution in [0.5, 0.6) is 0 Å². The number of benzene rings is 4. The van der Waals surface area contributed by atoms with Crippen molar-refractivity contribution in [1.29, 1.82) is 0 Å². The molecule has 0 aliphatic heterocycles. The van der Waals surface area contributed by atoms with Gasteiger partial charge in [0.05, 0.1) is 11.1 Å². The van der Waals surface area contributed by atoms with Gasteiger partial charge >= 0.3 is 0 Å². The van der Waals surface area contributed by atoms with E-state index in [0.717, 1.165) is 5.32 Å². The van der Waals surface area contributed by atoms with E-state index in [0.29, 0.717) is 0 Å². The Bertz CT molecular complexity index is 1810. The minimum atomic E-state index is -2.96. The largest absolute Gasteiger partial charge is 0.376 e. The first-order valence-corrected chi connectivity index (χ1v) is 11.1. The lowest BCUT2D eigenvalue weighted by atomic mass is 9.99. The van der Waals surface area contributed by atoms with Gasteiger partial charge in [0.1, 0.15) is 17.1 Å². The van der Waals surface area contributed by atoms with Crippen molar-refractivity contribution in [3.63, 3.8) is 0 Å². The maximum Gasteiger partial charge on any atom is 0.200 e. The Hall–Kier alpha value is -4.78. The van der Waals surface area contributed by atoms with Crippen LogP contribution in [0.25, 0.3) is 11.1 Å². The van der Waals surface area contributed by atoms with E-state index in [-0.39, 0.29) is 0 Å². The molecule has 0 radical (unpaired) electrons. The van der Waals surface area contributed by atoms with Crippen molar-refractivity contribution in [2.75, 3.05) is 10.6 Å². The molecule has 0 aliphatic rings. The average Bonchev–Trinajstić information content (AvgIpc) is 3.01. The molecule has 0 atom stereocenters. The monoisotopic (exact) mass is 674 g/mol. The number of hydrogen-bond donors (Lipinski definition) is 2. The number of hydrogen-bond acceptors (Lipinski definition) is 2. The van der Waals surface area contributed by atoms with E-state index in [1.165, 1.54) is 5.32 Å². The van der Waals surface area contributed by atoms with Crippen LogP contribution in [0, 0.1) is 105 Å². The standard InChI is InChI=1S/C25H4F18N2/c26-5-2(6(27)12(33)13(34)11(5)32)1-44-23-17(38)7(28)3(8(29)18(23)39)4-9(30)19(40)24(20(41)10(4)31)45-25-21(42)15(36)14(35)16(37)22(25)43/h44-45H,1H2. The molecule has 0 unspecified atom stereocenters. The summed E-state index contributed by atoms with van der Waals surface area (Å²) in [6.07, 6.45) is 0. The van der Waals surface area contributed by atoms with Crippen LogP contribution in [0.4, 0.5) is 96.1 Å². The van der Waals surface area contributed by atoms with E-state index in [1.54, 1.807) is 0 Å². The van der Waals surface area contributed by atoms with Gasteiger partial charge in [-0.2, -0.15) is 0 Å². The predicted octanol–water partition coefficient (Wildman–Crippen LogP) is 9.21. The molecule has 0 amide bonds. The fraction of sp³-hybridized carbons (Fsp3) is 0.0400. The third-order valence-electron chi connectivity index (χ3n) is 5.98. The molecule has 0 heterocycles. The van der Waals surface area contributed by atoms with Gasteiger partial charge in [0.15, 0.2) is 93.1 Å². The lowest BCUT2D eigenvalue weighted by Gasteiger charge is -2.18. The molecule has 0 bridgehead atoms. The van der Waals surface area contributed by atoms with Gasteiger partial charge in [-0.3, -0.25) is 0 Å². The molecule has 0 aliphatic carbocycles. The SMILES string of the molecule is Fc1c(F)c(F)c(CNc2c(F)c(F)c(-c3c(F)c(F)c(Nc4c(F)c(F)c(F)c(F)c4F)c(F)c3F)c(F)c2F)c(F)c1F. The van der Waals surface area contributed by atoms with Crippen LogP contribution in [0.1, 0.15) is 5.56 Å². The minimum Gasteiger partial charge on any atom is -0.376 e. The van der Waals surface area contributed by atoms with Gasteiger partial charge in [-0.1, -0.05) is 0 Å². The number of anilines is 3. The van der Waals surface area contributed by atoms with Crippen molar-refractivity contribution in [2.45, 2.75) is 6.54 Å². The van der Waals surface area contributed by atoms with Gasteiger partial charge in [-0.15, -0.1) is 0 Å². The first-order valence-electron chi connectivity index (χ1n) is 11.1. The fourth-order valence-electron chi connectivity index (χ4n) is 3.79. The summed E-state index contributed by atoms with van der Waals surface area (Å²) in [7, 11) is 0. The highest BCUT2D eigenvalue weighted by molar-refractivity contribution is 5.74. The fourth-order valence-corrected chi connectivity index (χ4v) is 3.79. The summed E-state index contributed by atoms with van der Waals surface area (Å²) in [5.74, 6) is -49.5. The van der Waals surface area contributed by atoms with Gasteiger partial charge in [-0.05, 0) is 0 Å². The summed E-state index contributed by atoms with van der Waals surface area (Å²) in [5, 5.41) is 2.10. The van der Waals surface area contributed by atoms with Gasteiger partial charge in [0, 0.05) is 12.1 Å². The molecule has 0 fully saturated rings. The first-order chi connectivity index (χ1) is 20.9. The predicted molar refractivity (Wildman–Crippen MR) is 115 cm³/mol. The van der Waals surface area contributed by atoms with Crippen LogP contribution in [0.2, 0.25) is 0 Å². The number of rotatable bonds is 6.